The molecular formula is C21H22Cl2NO6P. The minimum absolute atomic E-state index is 0.128. The predicted octanol–water partition coefficient (Wildman–Crippen LogP) is 4.63. The van der Waals surface area contributed by atoms with Crippen LogP contribution >= 0.6 is 30.8 Å². The third-order valence-corrected chi connectivity index (χ3v) is 6.56. The van der Waals surface area contributed by atoms with Crippen molar-refractivity contribution in [2.75, 3.05) is 0 Å². The second-order valence-corrected chi connectivity index (χ2v) is 10.1. The second kappa shape index (κ2) is 9.72. The summed E-state index contributed by atoms with van der Waals surface area (Å²) in [6.07, 6.45) is 0.852. The van der Waals surface area contributed by atoms with Crippen LogP contribution in [0.2, 0.25) is 10.0 Å². The second-order valence-electron chi connectivity index (χ2n) is 7.67. The summed E-state index contributed by atoms with van der Waals surface area (Å²) in [6, 6.07) is 10.6. The van der Waals surface area contributed by atoms with Crippen molar-refractivity contribution in [1.29, 1.82) is 0 Å². The molecule has 0 aromatic heterocycles. The number of carbonyl (C=O) groups excluding carboxylic acids is 1. The van der Waals surface area contributed by atoms with Gasteiger partial charge in [-0.25, -0.2) is 0 Å². The molecule has 3 rings (SSSR count). The van der Waals surface area contributed by atoms with Gasteiger partial charge in [0.1, 0.15) is 0 Å². The predicted molar refractivity (Wildman–Crippen MR) is 117 cm³/mol. The number of amides is 1. The van der Waals surface area contributed by atoms with E-state index >= 15 is 0 Å². The average molecular weight is 486 g/mol. The van der Waals surface area contributed by atoms with E-state index in [9.17, 15) is 19.3 Å². The summed E-state index contributed by atoms with van der Waals surface area (Å²) in [6.45, 7) is 0.156. The Morgan fingerprint density at radius 3 is 2.16 bits per heavy atom. The largest absolute Gasteiger partial charge is 0.481 e. The quantitative estimate of drug-likeness (QED) is 0.446. The van der Waals surface area contributed by atoms with E-state index in [1.165, 1.54) is 0 Å². The molecule has 1 unspecified atom stereocenters. The van der Waals surface area contributed by atoms with E-state index in [-0.39, 0.29) is 36.0 Å². The van der Waals surface area contributed by atoms with Gasteiger partial charge in [0.05, 0.1) is 28.7 Å². The van der Waals surface area contributed by atoms with Crippen LogP contribution in [0.25, 0.3) is 0 Å². The fourth-order valence-corrected chi connectivity index (χ4v) is 4.38. The Bertz CT molecular complexity index is 1020. The molecule has 166 valence electrons. The van der Waals surface area contributed by atoms with Crippen LogP contribution in [0.1, 0.15) is 42.0 Å². The van der Waals surface area contributed by atoms with Crippen molar-refractivity contribution in [2.45, 2.75) is 38.0 Å². The van der Waals surface area contributed by atoms with Crippen molar-refractivity contribution in [2.24, 2.45) is 5.92 Å². The van der Waals surface area contributed by atoms with Crippen LogP contribution < -0.4 is 0 Å². The number of hydrogen-bond acceptors (Lipinski definition) is 3. The van der Waals surface area contributed by atoms with Crippen LogP contribution in [0.4, 0.5) is 0 Å². The molecular weight excluding hydrogens is 464 g/mol. The van der Waals surface area contributed by atoms with Gasteiger partial charge in [0.15, 0.2) is 0 Å². The summed E-state index contributed by atoms with van der Waals surface area (Å²) in [7, 11) is -4.18. The maximum absolute atomic E-state index is 13.1. The van der Waals surface area contributed by atoms with Crippen molar-refractivity contribution < 1.29 is 29.0 Å². The van der Waals surface area contributed by atoms with E-state index < -0.39 is 19.6 Å². The van der Waals surface area contributed by atoms with Gasteiger partial charge in [-0.3, -0.25) is 14.2 Å². The fourth-order valence-electron chi connectivity index (χ4n) is 3.38. The number of benzene rings is 2. The van der Waals surface area contributed by atoms with E-state index in [1.807, 2.05) is 0 Å². The van der Waals surface area contributed by atoms with Gasteiger partial charge in [-0.15, -0.1) is 0 Å². The molecule has 10 heteroatoms. The van der Waals surface area contributed by atoms with Crippen LogP contribution in [-0.4, -0.2) is 31.7 Å². The Labute approximate surface area is 189 Å². The average Bonchev–Trinajstić information content (AvgIpc) is 3.51. The minimum atomic E-state index is -4.18. The van der Waals surface area contributed by atoms with Gasteiger partial charge in [0.25, 0.3) is 0 Å². The van der Waals surface area contributed by atoms with Crippen molar-refractivity contribution in [3.8, 4) is 0 Å². The van der Waals surface area contributed by atoms with Crippen molar-refractivity contribution in [3.05, 3.63) is 69.2 Å². The molecule has 1 aliphatic carbocycles. The summed E-state index contributed by atoms with van der Waals surface area (Å²) < 4.78 is 11.2. The molecule has 7 nitrogen and oxygen atoms in total. The first-order chi connectivity index (χ1) is 14.5. The first kappa shape index (κ1) is 23.8. The summed E-state index contributed by atoms with van der Waals surface area (Å²) in [5.74, 6) is -1.31. The Hall–Kier alpha value is -1.89. The third-order valence-electron chi connectivity index (χ3n) is 5.05. The Kier molecular flexibility index (Phi) is 7.45. The SMILES string of the molecule is O=C(O)CC(c1ccc(Cl)c(Cl)c1)N(Cc1ccc(CP(=O)(O)O)cc1)C(=O)C1CC1. The molecule has 1 atom stereocenters. The monoisotopic (exact) mass is 485 g/mol. The number of carboxylic acid groups (broad SMARTS) is 1. The Balaban J connectivity index is 1.92. The summed E-state index contributed by atoms with van der Waals surface area (Å²) in [5.41, 5.74) is 1.77. The molecule has 1 fully saturated rings. The van der Waals surface area contributed by atoms with E-state index in [0.29, 0.717) is 16.1 Å². The minimum Gasteiger partial charge on any atom is -0.481 e. The number of carboxylic acids is 1. The molecule has 0 bridgehead atoms. The lowest BCUT2D eigenvalue weighted by Crippen LogP contribution is -2.36. The van der Waals surface area contributed by atoms with Crippen LogP contribution in [-0.2, 0) is 26.9 Å². The van der Waals surface area contributed by atoms with Crippen LogP contribution in [0.5, 0.6) is 0 Å². The molecule has 1 aliphatic rings. The number of nitrogens with zero attached hydrogens (tertiary/aromatic N) is 1. The molecule has 1 saturated carbocycles. The zero-order valence-electron chi connectivity index (χ0n) is 16.4. The number of carbonyl (C=O) groups is 2. The zero-order valence-corrected chi connectivity index (χ0v) is 18.9. The Morgan fingerprint density at radius 1 is 1.03 bits per heavy atom. The van der Waals surface area contributed by atoms with Crippen molar-refractivity contribution in [3.63, 3.8) is 0 Å². The number of aliphatic carboxylic acids is 1. The molecule has 0 aliphatic heterocycles. The lowest BCUT2D eigenvalue weighted by Gasteiger charge is -2.32. The lowest BCUT2D eigenvalue weighted by atomic mass is 10.00. The van der Waals surface area contributed by atoms with Crippen molar-refractivity contribution in [1.82, 2.24) is 4.90 Å². The summed E-state index contributed by atoms with van der Waals surface area (Å²) in [4.78, 5) is 44.5. The van der Waals surface area contributed by atoms with E-state index in [2.05, 4.69) is 0 Å². The van der Waals surface area contributed by atoms with E-state index in [1.54, 1.807) is 47.4 Å². The van der Waals surface area contributed by atoms with Gasteiger partial charge in [-0.1, -0.05) is 53.5 Å². The standard InChI is InChI=1S/C21H22Cl2NO6P/c22-17-8-7-16(9-18(17)23)19(10-20(25)26)24(21(27)15-5-6-15)11-13-1-3-14(4-2-13)12-31(28,29)30/h1-4,7-9,15,19H,5-6,10-12H2,(H,25,26)(H2,28,29,30). The number of halogens is 2. The zero-order chi connectivity index (χ0) is 22.8. The highest BCUT2D eigenvalue weighted by Gasteiger charge is 2.37. The normalized spacial score (nSPS) is 14.8. The molecule has 2 aromatic rings. The number of rotatable bonds is 9. The topological polar surface area (TPSA) is 115 Å². The molecule has 31 heavy (non-hydrogen) atoms. The smallest absolute Gasteiger partial charge is 0.329 e. The van der Waals surface area contributed by atoms with Gasteiger partial charge in [-0.2, -0.15) is 0 Å². The van der Waals surface area contributed by atoms with E-state index in [0.717, 1.165) is 18.4 Å². The molecule has 0 spiro atoms. The summed E-state index contributed by atoms with van der Waals surface area (Å²) in [5, 5.41) is 10.1. The highest BCUT2D eigenvalue weighted by Crippen LogP contribution is 2.40. The highest BCUT2D eigenvalue weighted by atomic mass is 35.5. The molecule has 1 amide bonds. The Morgan fingerprint density at radius 2 is 1.65 bits per heavy atom. The van der Waals surface area contributed by atoms with Crippen LogP contribution in [0, 0.1) is 5.92 Å². The summed E-state index contributed by atoms with van der Waals surface area (Å²) >= 11 is 12.1. The molecule has 0 radical (unpaired) electrons. The first-order valence-electron chi connectivity index (χ1n) is 9.63. The van der Waals surface area contributed by atoms with Gasteiger partial charge in [0.2, 0.25) is 5.91 Å². The molecule has 0 heterocycles. The van der Waals surface area contributed by atoms with Crippen LogP contribution in [0.3, 0.4) is 0 Å². The molecule has 2 aromatic carbocycles. The van der Waals surface area contributed by atoms with Gasteiger partial charge >= 0.3 is 13.6 Å². The van der Waals surface area contributed by atoms with Crippen molar-refractivity contribution >= 4 is 42.7 Å². The number of hydrogen-bond donors (Lipinski definition) is 3. The molecule has 0 saturated heterocycles. The third kappa shape index (κ3) is 6.79. The maximum atomic E-state index is 13.1. The highest BCUT2D eigenvalue weighted by molar-refractivity contribution is 7.50. The van der Waals surface area contributed by atoms with Crippen LogP contribution in [0.15, 0.2) is 42.5 Å². The molecule has 3 N–H and O–H groups in total. The van der Waals surface area contributed by atoms with Gasteiger partial charge in [0, 0.05) is 12.5 Å². The van der Waals surface area contributed by atoms with Gasteiger partial charge in [-0.05, 0) is 41.7 Å². The fraction of sp³-hybridized carbons (Fsp3) is 0.333. The maximum Gasteiger partial charge on any atom is 0.329 e. The first-order valence-corrected chi connectivity index (χ1v) is 12.2. The lowest BCUT2D eigenvalue weighted by molar-refractivity contribution is -0.142. The van der Waals surface area contributed by atoms with E-state index in [4.69, 9.17) is 33.0 Å². The van der Waals surface area contributed by atoms with Gasteiger partial charge < -0.3 is 19.8 Å².